The van der Waals surface area contributed by atoms with Gasteiger partial charge in [-0.3, -0.25) is 4.98 Å². The Kier molecular flexibility index (Phi) is 1.84. The first kappa shape index (κ1) is 8.42. The average Bonchev–Trinajstić information content (AvgIpc) is 2.97. The van der Waals surface area contributed by atoms with E-state index in [-0.39, 0.29) is 6.10 Å². The molecule has 0 aliphatic heterocycles. The molecule has 0 amide bonds. The van der Waals surface area contributed by atoms with Gasteiger partial charge in [-0.15, -0.1) is 0 Å². The second kappa shape index (κ2) is 3.06. The van der Waals surface area contributed by atoms with Crippen molar-refractivity contribution in [3.05, 3.63) is 29.6 Å². The van der Waals surface area contributed by atoms with Gasteiger partial charge in [0.2, 0.25) is 0 Å². The molecule has 14 heavy (non-hydrogen) atoms. The van der Waals surface area contributed by atoms with E-state index in [1.165, 1.54) is 18.4 Å². The van der Waals surface area contributed by atoms with Crippen LogP contribution in [0.1, 0.15) is 36.4 Å². The van der Waals surface area contributed by atoms with Crippen LogP contribution in [0.5, 0.6) is 0 Å². The summed E-state index contributed by atoms with van der Waals surface area (Å²) in [5.74, 6) is 0.881. The van der Waals surface area contributed by atoms with Gasteiger partial charge in [-0.25, -0.2) is 0 Å². The molecule has 2 atom stereocenters. The monoisotopic (exact) mass is 189 g/mol. The lowest BCUT2D eigenvalue weighted by atomic mass is 9.96. The fraction of sp³-hybridized carbons (Fsp3) is 0.583. The van der Waals surface area contributed by atoms with Crippen molar-refractivity contribution in [2.24, 2.45) is 5.92 Å². The Bertz CT molecular complexity index is 346. The number of rotatable bonds is 2. The molecule has 3 rings (SSSR count). The number of pyridine rings is 1. The standard InChI is InChI=1S/C12H15NO/c14-12(9-3-4-9)10-6-5-8-2-1-7-13-11(8)10/h1-2,7,9-10,12,14H,3-6H2. The molecule has 2 heteroatoms. The number of aromatic nitrogens is 1. The molecule has 1 fully saturated rings. The third-order valence-electron chi connectivity index (χ3n) is 3.52. The Balaban J connectivity index is 1.89. The minimum atomic E-state index is -0.133. The number of aliphatic hydroxyl groups excluding tert-OH is 1. The molecule has 2 aliphatic carbocycles. The molecule has 2 nitrogen and oxygen atoms in total. The van der Waals surface area contributed by atoms with Crippen molar-refractivity contribution in [1.29, 1.82) is 0 Å². The van der Waals surface area contributed by atoms with Crippen LogP contribution in [-0.2, 0) is 6.42 Å². The summed E-state index contributed by atoms with van der Waals surface area (Å²) >= 11 is 0. The van der Waals surface area contributed by atoms with Crippen molar-refractivity contribution in [3.63, 3.8) is 0 Å². The number of hydrogen-bond donors (Lipinski definition) is 1. The maximum Gasteiger partial charge on any atom is 0.0652 e. The molecule has 2 aliphatic rings. The van der Waals surface area contributed by atoms with Gasteiger partial charge in [0.05, 0.1) is 6.10 Å². The third-order valence-corrected chi connectivity index (χ3v) is 3.52. The van der Waals surface area contributed by atoms with Crippen LogP contribution >= 0.6 is 0 Å². The smallest absolute Gasteiger partial charge is 0.0652 e. The van der Waals surface area contributed by atoms with Crippen molar-refractivity contribution >= 4 is 0 Å². The molecule has 1 N–H and O–H groups in total. The molecule has 0 saturated heterocycles. The average molecular weight is 189 g/mol. The Morgan fingerprint density at radius 2 is 2.21 bits per heavy atom. The maximum atomic E-state index is 10.1. The van der Waals surface area contributed by atoms with Gasteiger partial charge in [-0.1, -0.05) is 6.07 Å². The molecular formula is C12H15NO. The predicted octanol–water partition coefficient (Wildman–Crippen LogP) is 1.88. The van der Waals surface area contributed by atoms with Gasteiger partial charge in [0.1, 0.15) is 0 Å². The molecule has 1 heterocycles. The zero-order valence-corrected chi connectivity index (χ0v) is 8.19. The van der Waals surface area contributed by atoms with Gasteiger partial charge in [0.15, 0.2) is 0 Å². The number of aliphatic hydroxyl groups is 1. The second-order valence-corrected chi connectivity index (χ2v) is 4.52. The van der Waals surface area contributed by atoms with E-state index >= 15 is 0 Å². The van der Waals surface area contributed by atoms with E-state index in [4.69, 9.17) is 0 Å². The summed E-state index contributed by atoms with van der Waals surface area (Å²) in [5.41, 5.74) is 2.50. The van der Waals surface area contributed by atoms with Crippen LogP contribution in [0.15, 0.2) is 18.3 Å². The highest BCUT2D eigenvalue weighted by Gasteiger charge is 2.39. The van der Waals surface area contributed by atoms with E-state index in [1.807, 2.05) is 12.3 Å². The van der Waals surface area contributed by atoms with Crippen molar-refractivity contribution < 1.29 is 5.11 Å². The van der Waals surface area contributed by atoms with E-state index in [1.54, 1.807) is 0 Å². The molecule has 0 radical (unpaired) electrons. The zero-order chi connectivity index (χ0) is 9.54. The van der Waals surface area contributed by atoms with Gasteiger partial charge in [-0.05, 0) is 43.2 Å². The minimum Gasteiger partial charge on any atom is -0.392 e. The number of nitrogens with zero attached hydrogens (tertiary/aromatic N) is 1. The zero-order valence-electron chi connectivity index (χ0n) is 8.19. The molecule has 1 aromatic heterocycles. The summed E-state index contributed by atoms with van der Waals surface area (Å²) in [6, 6.07) is 4.13. The first-order valence-corrected chi connectivity index (χ1v) is 5.48. The van der Waals surface area contributed by atoms with E-state index in [0.717, 1.165) is 18.5 Å². The first-order chi connectivity index (χ1) is 6.86. The first-order valence-electron chi connectivity index (χ1n) is 5.48. The Morgan fingerprint density at radius 1 is 1.36 bits per heavy atom. The van der Waals surface area contributed by atoms with Crippen LogP contribution < -0.4 is 0 Å². The molecule has 0 bridgehead atoms. The Hall–Kier alpha value is -0.890. The van der Waals surface area contributed by atoms with Crippen LogP contribution in [0.2, 0.25) is 0 Å². The summed E-state index contributed by atoms with van der Waals surface area (Å²) in [6.07, 6.45) is 6.31. The number of hydrogen-bond acceptors (Lipinski definition) is 2. The topological polar surface area (TPSA) is 33.1 Å². The molecule has 1 saturated carbocycles. The molecule has 1 aromatic rings. The fourth-order valence-corrected chi connectivity index (χ4v) is 2.54. The summed E-state index contributed by atoms with van der Waals surface area (Å²) < 4.78 is 0. The van der Waals surface area contributed by atoms with Crippen LogP contribution in [0.4, 0.5) is 0 Å². The highest BCUT2D eigenvalue weighted by molar-refractivity contribution is 5.29. The third kappa shape index (κ3) is 1.25. The number of fused-ring (bicyclic) bond motifs is 1. The van der Waals surface area contributed by atoms with Crippen LogP contribution in [0, 0.1) is 5.92 Å². The van der Waals surface area contributed by atoms with E-state index in [9.17, 15) is 5.11 Å². The molecular weight excluding hydrogens is 174 g/mol. The van der Waals surface area contributed by atoms with Crippen molar-refractivity contribution in [3.8, 4) is 0 Å². The normalized spacial score (nSPS) is 27.4. The SMILES string of the molecule is OC(C1CC1)C1CCc2cccnc21. The largest absolute Gasteiger partial charge is 0.392 e. The summed E-state index contributed by atoms with van der Waals surface area (Å²) in [4.78, 5) is 4.41. The predicted molar refractivity (Wildman–Crippen MR) is 54.0 cm³/mol. The van der Waals surface area contributed by atoms with Crippen molar-refractivity contribution in [2.75, 3.05) is 0 Å². The molecule has 2 unspecified atom stereocenters. The summed E-state index contributed by atoms with van der Waals surface area (Å²) in [7, 11) is 0. The summed E-state index contributed by atoms with van der Waals surface area (Å²) in [6.45, 7) is 0. The molecule has 0 aromatic carbocycles. The lowest BCUT2D eigenvalue weighted by Crippen LogP contribution is -2.19. The van der Waals surface area contributed by atoms with E-state index in [0.29, 0.717) is 11.8 Å². The van der Waals surface area contributed by atoms with Gasteiger partial charge < -0.3 is 5.11 Å². The highest BCUT2D eigenvalue weighted by atomic mass is 16.3. The van der Waals surface area contributed by atoms with E-state index < -0.39 is 0 Å². The quantitative estimate of drug-likeness (QED) is 0.770. The van der Waals surface area contributed by atoms with Crippen LogP contribution in [-0.4, -0.2) is 16.2 Å². The maximum absolute atomic E-state index is 10.1. The van der Waals surface area contributed by atoms with Gasteiger partial charge in [0, 0.05) is 17.8 Å². The lowest BCUT2D eigenvalue weighted by molar-refractivity contribution is 0.119. The molecule has 0 spiro atoms. The Labute approximate surface area is 84.0 Å². The van der Waals surface area contributed by atoms with Gasteiger partial charge >= 0.3 is 0 Å². The second-order valence-electron chi connectivity index (χ2n) is 4.52. The fourth-order valence-electron chi connectivity index (χ4n) is 2.54. The highest BCUT2D eigenvalue weighted by Crippen LogP contribution is 2.43. The van der Waals surface area contributed by atoms with Crippen LogP contribution in [0.3, 0.4) is 0 Å². The summed E-state index contributed by atoms with van der Waals surface area (Å²) in [5, 5.41) is 10.1. The van der Waals surface area contributed by atoms with Crippen molar-refractivity contribution in [1.82, 2.24) is 4.98 Å². The van der Waals surface area contributed by atoms with E-state index in [2.05, 4.69) is 11.1 Å². The van der Waals surface area contributed by atoms with Gasteiger partial charge in [-0.2, -0.15) is 0 Å². The van der Waals surface area contributed by atoms with Gasteiger partial charge in [0.25, 0.3) is 0 Å². The Morgan fingerprint density at radius 3 is 3.00 bits per heavy atom. The van der Waals surface area contributed by atoms with Crippen LogP contribution in [0.25, 0.3) is 0 Å². The number of aryl methyl sites for hydroxylation is 1. The van der Waals surface area contributed by atoms with Crippen molar-refractivity contribution in [2.45, 2.75) is 37.7 Å². The lowest BCUT2D eigenvalue weighted by Gasteiger charge is -2.17. The minimum absolute atomic E-state index is 0.133. The molecule has 74 valence electrons.